The summed E-state index contributed by atoms with van der Waals surface area (Å²) in [7, 11) is 18.6. The molecule has 0 spiro atoms. The maximum Gasteiger partial charge on any atom is 0.210 e. The highest BCUT2D eigenvalue weighted by Gasteiger charge is 2.21. The molecule has 0 aliphatic rings. The first-order valence-electron chi connectivity index (χ1n) is 48.7. The molecular weight excluding hydrogens is 1800 g/mol. The van der Waals surface area contributed by atoms with E-state index in [1.807, 2.05) is 155 Å². The number of aryl methyl sites for hydroxylation is 16. The normalized spacial score (nSPS) is 10.9. The Morgan fingerprint density at radius 1 is 0.190 bits per heavy atom. The number of hydrogen-bond acceptors (Lipinski definition) is 2. The zero-order valence-corrected chi connectivity index (χ0v) is 85.1. The molecule has 0 bridgehead atoms. The van der Waals surface area contributed by atoms with Crippen LogP contribution in [0.4, 0.5) is 28.4 Å². The Morgan fingerprint density at radius 2 is 0.490 bits per heavy atom. The summed E-state index contributed by atoms with van der Waals surface area (Å²) in [6.07, 6.45) is 0. The molecule has 27 rings (SSSR count). The van der Waals surface area contributed by atoms with Gasteiger partial charge in [-0.3, -0.25) is 0 Å². The number of nitrogens with zero attached hydrogens (tertiary/aromatic N) is 16. The number of fused-ring (bicyclic) bond motifs is 27. The van der Waals surface area contributed by atoms with Crippen molar-refractivity contribution in [3.63, 3.8) is 0 Å². The average molecular weight is 1900 g/mol. The van der Waals surface area contributed by atoms with E-state index in [0.717, 1.165) is 82.5 Å². The molecule has 27 aromatic rings. The van der Waals surface area contributed by atoms with Crippen molar-refractivity contribution in [3.05, 3.63) is 459 Å². The van der Waals surface area contributed by atoms with Crippen molar-refractivity contribution in [3.8, 4) is 12.1 Å². The van der Waals surface area contributed by atoms with Gasteiger partial charge in [-0.1, -0.05) is 254 Å². The maximum atomic E-state index is 9.30. The van der Waals surface area contributed by atoms with Gasteiger partial charge in [0.25, 0.3) is 0 Å². The predicted molar refractivity (Wildman–Crippen MR) is 618 cm³/mol. The number of rotatable bonds is 0. The van der Waals surface area contributed by atoms with Crippen molar-refractivity contribution >= 4 is 225 Å². The maximum absolute atomic E-state index is 9.30. The first kappa shape index (κ1) is 96.5. The summed E-state index contributed by atoms with van der Waals surface area (Å²) < 4.78 is 19.5. The summed E-state index contributed by atoms with van der Waals surface area (Å²) in [5.41, 5.74) is 35.0. The Labute approximate surface area is 853 Å². The first-order chi connectivity index (χ1) is 71.3. The summed E-state index contributed by atoms with van der Waals surface area (Å²) in [6, 6.07) is 125. The quantitative estimate of drug-likeness (QED) is 0.141. The molecule has 0 N–H and O–H groups in total. The van der Waals surface area contributed by atoms with E-state index in [9.17, 15) is 10.5 Å². The van der Waals surface area contributed by atoms with Crippen LogP contribution in [0, 0.1) is 104 Å². The van der Waals surface area contributed by atoms with E-state index in [0.29, 0.717) is 22.6 Å². The summed E-state index contributed by atoms with van der Waals surface area (Å²) in [4.78, 5) is 17.8. The van der Waals surface area contributed by atoms with Crippen LogP contribution >= 0.6 is 0 Å². The molecule has 0 unspecified atom stereocenters. The number of benzene rings is 18. The van der Waals surface area contributed by atoms with E-state index >= 15 is 0 Å². The molecule has 9 heterocycles. The molecule has 0 saturated heterocycles. The van der Waals surface area contributed by atoms with Gasteiger partial charge in [-0.2, -0.15) is 10.5 Å². The SMILES string of the molecule is Cc1ccc2c(c1)c1ccccc1n2C.Cc1ccc2c3ccccc3n(C)c2c1.Cc1ccc2c3ccccc3n(C)c2c1C#N.Cc1cccc2c3ccccc3n(C)c12.[C-]#[N+]c1ccc2c(c1)c1cc(C)ccc1n2C.[C-]#[N+]c1ccc2c3ccc(C)cc3n(C)c2c1.[C-]#[N+]c1cccc2c1c1c(C#N)cccc1n2C.[C-]#[N+]c1cccc2c1c1ccccc1n2C.[C-]#[N+]c1cccc2c3cccc(C)c3n(C)c12. The van der Waals surface area contributed by atoms with Crippen LogP contribution in [0.25, 0.3) is 220 Å². The van der Waals surface area contributed by atoms with Crippen molar-refractivity contribution in [2.75, 3.05) is 0 Å². The molecule has 710 valence electrons. The fraction of sp³-hybridized carbons (Fsp3) is 0.122. The lowest BCUT2D eigenvalue weighted by molar-refractivity contribution is 1.01. The lowest BCUT2D eigenvalue weighted by Gasteiger charge is -2.02. The molecule has 0 fully saturated rings. The van der Waals surface area contributed by atoms with E-state index < -0.39 is 0 Å². The van der Waals surface area contributed by atoms with Gasteiger partial charge in [-0.15, -0.1) is 0 Å². The van der Waals surface area contributed by atoms with Gasteiger partial charge in [0.2, 0.25) is 5.69 Å². The smallest absolute Gasteiger partial charge is 0.210 e. The van der Waals surface area contributed by atoms with E-state index in [4.69, 9.17) is 32.9 Å². The topological polar surface area (TPSA) is 114 Å². The fourth-order valence-corrected chi connectivity index (χ4v) is 21.6. The summed E-state index contributed by atoms with van der Waals surface area (Å²) in [6.45, 7) is 50.7. The minimum Gasteiger partial charge on any atom is -0.353 e. The largest absolute Gasteiger partial charge is 0.353 e. The molecule has 9 aromatic heterocycles. The molecule has 147 heavy (non-hydrogen) atoms. The van der Waals surface area contributed by atoms with E-state index in [1.54, 1.807) is 12.1 Å². The number of hydrogen-bond donors (Lipinski definition) is 0. The molecule has 16 heteroatoms. The monoisotopic (exact) mass is 1900 g/mol. The van der Waals surface area contributed by atoms with Crippen molar-refractivity contribution < 1.29 is 0 Å². The standard InChI is InChI=1S/C15H9N3.4C15H12N2.C14H10N2.3C14H13N/c1-17-11-6-4-8-13-15(11)14-10(9-16)5-3-7-12(14)18(13)2;1-10-4-6-14-12(8-10)13-9-11(16-2)5-7-15(13)17(14)3;1-10-4-6-12-13-7-5-11(16-2)9-15(13)17(3)14(12)8-10;1-10-6-4-7-11-12-8-5-9-13(16-2)15(12)17(3)14(10)11;1-10-7-8-12-11-5-3-4-6-14(11)17(2)15(12)13(10)9-16;1-15-11-7-5-9-13-14(11)10-6-3-4-8-12(10)16(13)2;1-10-6-5-8-12-11-7-3-4-9-13(11)15(2)14(10)12;1-10-7-8-14-12(9-10)11-5-3-4-6-13(11)15(14)2;1-10-7-8-12-11-5-3-4-6-13(11)15(2)14(12)9-10/h3-8H,2H3;3*4-9H,1,3H3;3-8H,1-2H3;3-9H,2H3;3*3-9H,1-2H3. The van der Waals surface area contributed by atoms with Crippen LogP contribution in [-0.4, -0.2) is 41.1 Å². The van der Waals surface area contributed by atoms with E-state index in [1.165, 1.54) is 170 Å². The predicted octanol–water partition coefficient (Wildman–Crippen LogP) is 34.6. The number of nitriles is 2. The molecule has 16 nitrogen and oxygen atoms in total. The third-order valence-electron chi connectivity index (χ3n) is 28.9. The van der Waals surface area contributed by atoms with Crippen LogP contribution in [0.1, 0.15) is 50.1 Å². The third-order valence-corrected chi connectivity index (χ3v) is 28.9. The van der Waals surface area contributed by atoms with Crippen LogP contribution in [0.5, 0.6) is 0 Å². The highest BCUT2D eigenvalue weighted by molar-refractivity contribution is 6.19. The van der Waals surface area contributed by atoms with Gasteiger partial charge in [-0.05, 0) is 202 Å². The molecule has 0 saturated carbocycles. The Kier molecular flexibility index (Phi) is 26.4. The van der Waals surface area contributed by atoms with Crippen LogP contribution < -0.4 is 0 Å². The lowest BCUT2D eigenvalue weighted by Crippen LogP contribution is -1.91. The molecule has 0 aliphatic carbocycles. The fourth-order valence-electron chi connectivity index (χ4n) is 21.6. The van der Waals surface area contributed by atoms with E-state index in [-0.39, 0.29) is 0 Å². The van der Waals surface area contributed by atoms with Gasteiger partial charge in [0.15, 0.2) is 22.7 Å². The summed E-state index contributed by atoms with van der Waals surface area (Å²) >= 11 is 0. The Morgan fingerprint density at radius 3 is 1.01 bits per heavy atom. The second kappa shape index (κ2) is 40.3. The summed E-state index contributed by atoms with van der Waals surface area (Å²) in [5, 5.41) is 40.2. The molecule has 18 aromatic carbocycles. The molecular formula is C131H106N16. The van der Waals surface area contributed by atoms with Gasteiger partial charge in [0.05, 0.1) is 72.1 Å². The van der Waals surface area contributed by atoms with Crippen LogP contribution in [0.15, 0.2) is 352 Å². The Hall–Kier alpha value is -19.4. The Bertz CT molecular complexity index is 10200. The van der Waals surface area contributed by atoms with Crippen molar-refractivity contribution in [2.24, 2.45) is 63.4 Å². The highest BCUT2D eigenvalue weighted by Crippen LogP contribution is 2.43. The summed E-state index contributed by atoms with van der Waals surface area (Å²) in [5.74, 6) is 0. The zero-order valence-electron chi connectivity index (χ0n) is 85.1. The zero-order chi connectivity index (χ0) is 103. The lowest BCUT2D eigenvalue weighted by atomic mass is 10.0. The molecule has 0 radical (unpaired) electrons. The first-order valence-corrected chi connectivity index (χ1v) is 48.7. The molecule has 0 atom stereocenters. The van der Waals surface area contributed by atoms with E-state index in [2.05, 4.69) is 374 Å². The van der Waals surface area contributed by atoms with Gasteiger partial charge in [-0.25, -0.2) is 24.2 Å². The third kappa shape index (κ3) is 17.3. The molecule has 0 aliphatic heterocycles. The highest BCUT2D eigenvalue weighted by atomic mass is 15.0. The van der Waals surface area contributed by atoms with Crippen molar-refractivity contribution in [2.45, 2.75) is 48.5 Å². The van der Waals surface area contributed by atoms with Crippen LogP contribution in [-0.2, 0) is 63.4 Å². The number of para-hydroxylation sites is 8. The average Bonchev–Trinajstić information content (AvgIpc) is 1.60. The van der Waals surface area contributed by atoms with Crippen molar-refractivity contribution in [1.82, 2.24) is 41.1 Å². The van der Waals surface area contributed by atoms with Gasteiger partial charge < -0.3 is 41.1 Å². The minimum atomic E-state index is 0.598. The Balaban J connectivity index is 0.000000104. The molecule has 0 amide bonds. The second-order valence-electron chi connectivity index (χ2n) is 37.7. The van der Waals surface area contributed by atoms with Crippen molar-refractivity contribution in [1.29, 1.82) is 10.5 Å². The van der Waals surface area contributed by atoms with Crippen LogP contribution in [0.3, 0.4) is 0 Å². The van der Waals surface area contributed by atoms with Gasteiger partial charge in [0, 0.05) is 221 Å². The minimum absolute atomic E-state index is 0.598. The second-order valence-corrected chi connectivity index (χ2v) is 37.7. The van der Waals surface area contributed by atoms with Crippen LogP contribution in [0.2, 0.25) is 0 Å². The van der Waals surface area contributed by atoms with Gasteiger partial charge >= 0.3 is 0 Å². The number of aromatic nitrogens is 9. The van der Waals surface area contributed by atoms with Gasteiger partial charge in [0.1, 0.15) is 6.07 Å².